The zero-order chi connectivity index (χ0) is 12.3. The van der Waals surface area contributed by atoms with Crippen LogP contribution in [-0.4, -0.2) is 31.2 Å². The molecule has 2 rings (SSSR count). The highest BCUT2D eigenvalue weighted by molar-refractivity contribution is 7.09. The van der Waals surface area contributed by atoms with Crippen LogP contribution in [0.5, 0.6) is 0 Å². The molecule has 0 spiro atoms. The van der Waals surface area contributed by atoms with E-state index in [0.29, 0.717) is 13.2 Å². The van der Waals surface area contributed by atoms with Crippen molar-refractivity contribution in [2.75, 3.05) is 13.2 Å². The number of nitrogens with one attached hydrogen (secondary N) is 1. The molecule has 3 unspecified atom stereocenters. The van der Waals surface area contributed by atoms with Crippen LogP contribution >= 0.6 is 11.3 Å². The van der Waals surface area contributed by atoms with Gasteiger partial charge in [-0.15, -0.1) is 11.3 Å². The van der Waals surface area contributed by atoms with E-state index in [-0.39, 0.29) is 23.9 Å². The van der Waals surface area contributed by atoms with Crippen LogP contribution in [0.15, 0.2) is 17.5 Å². The monoisotopic (exact) mass is 254 g/mol. The zero-order valence-corrected chi connectivity index (χ0v) is 10.7. The third-order valence-electron chi connectivity index (χ3n) is 2.94. The number of carbonyl (C=O) groups excluding carboxylic acids is 1. The van der Waals surface area contributed by atoms with E-state index in [1.807, 2.05) is 18.4 Å². The third-order valence-corrected chi connectivity index (χ3v) is 3.84. The van der Waals surface area contributed by atoms with Crippen LogP contribution in [0.3, 0.4) is 0 Å². The fourth-order valence-electron chi connectivity index (χ4n) is 1.97. The van der Waals surface area contributed by atoms with Gasteiger partial charge in [0.25, 0.3) is 0 Å². The second-order valence-corrected chi connectivity index (χ2v) is 5.53. The summed E-state index contributed by atoms with van der Waals surface area (Å²) in [6.07, 6.45) is 0.867. The first-order chi connectivity index (χ1) is 8.16. The van der Waals surface area contributed by atoms with Crippen molar-refractivity contribution in [1.29, 1.82) is 0 Å². The number of carbonyl (C=O) groups is 1. The van der Waals surface area contributed by atoms with Crippen LogP contribution in [0.4, 0.5) is 0 Å². The summed E-state index contributed by atoms with van der Waals surface area (Å²) in [6.45, 7) is 2.94. The first-order valence-corrected chi connectivity index (χ1v) is 6.71. The van der Waals surface area contributed by atoms with Crippen molar-refractivity contribution < 1.29 is 9.53 Å². The van der Waals surface area contributed by atoms with Crippen molar-refractivity contribution in [1.82, 2.24) is 5.32 Å². The summed E-state index contributed by atoms with van der Waals surface area (Å²) in [5.41, 5.74) is 5.81. The molecule has 0 aromatic carbocycles. The van der Waals surface area contributed by atoms with E-state index < -0.39 is 0 Å². The molecule has 17 heavy (non-hydrogen) atoms. The molecule has 3 N–H and O–H groups in total. The molecule has 0 aliphatic carbocycles. The normalized spacial score (nSPS) is 25.8. The number of rotatable bonds is 4. The summed E-state index contributed by atoms with van der Waals surface area (Å²) in [6, 6.07) is 4.07. The van der Waals surface area contributed by atoms with Gasteiger partial charge in [-0.1, -0.05) is 6.07 Å². The Labute approximate surface area is 105 Å². The number of nitrogens with two attached hydrogens (primary N) is 1. The molecule has 0 saturated carbocycles. The van der Waals surface area contributed by atoms with Crippen molar-refractivity contribution in [2.24, 2.45) is 11.7 Å². The van der Waals surface area contributed by atoms with E-state index in [2.05, 4.69) is 11.4 Å². The van der Waals surface area contributed by atoms with Gasteiger partial charge in [0.1, 0.15) is 0 Å². The van der Waals surface area contributed by atoms with E-state index in [1.165, 1.54) is 4.88 Å². The SMILES string of the molecule is CC(Cc1cccs1)NC(=O)C1COCC1N. The van der Waals surface area contributed by atoms with Gasteiger partial charge >= 0.3 is 0 Å². The predicted octanol–water partition coefficient (Wildman–Crippen LogP) is 0.769. The second kappa shape index (κ2) is 5.62. The average Bonchev–Trinajstić information content (AvgIpc) is 2.88. The van der Waals surface area contributed by atoms with Crippen LogP contribution in [0.25, 0.3) is 0 Å². The van der Waals surface area contributed by atoms with Gasteiger partial charge in [-0.25, -0.2) is 0 Å². The highest BCUT2D eigenvalue weighted by Gasteiger charge is 2.31. The van der Waals surface area contributed by atoms with E-state index in [4.69, 9.17) is 10.5 Å². The Morgan fingerprint density at radius 1 is 1.71 bits per heavy atom. The van der Waals surface area contributed by atoms with Crippen molar-refractivity contribution in [3.8, 4) is 0 Å². The highest BCUT2D eigenvalue weighted by atomic mass is 32.1. The fraction of sp³-hybridized carbons (Fsp3) is 0.583. The summed E-state index contributed by atoms with van der Waals surface area (Å²) < 4.78 is 5.19. The number of ether oxygens (including phenoxy) is 1. The summed E-state index contributed by atoms with van der Waals surface area (Å²) in [5, 5.41) is 5.04. The van der Waals surface area contributed by atoms with Crippen molar-refractivity contribution in [3.05, 3.63) is 22.4 Å². The number of hydrogen-bond donors (Lipinski definition) is 2. The van der Waals surface area contributed by atoms with E-state index in [0.717, 1.165) is 6.42 Å². The summed E-state index contributed by atoms with van der Waals surface area (Å²) >= 11 is 1.71. The molecule has 1 aromatic rings. The number of thiophene rings is 1. The Morgan fingerprint density at radius 3 is 3.12 bits per heavy atom. The molecule has 1 aromatic heterocycles. The van der Waals surface area contributed by atoms with Gasteiger partial charge in [0.2, 0.25) is 5.91 Å². The molecule has 1 aliphatic rings. The molecule has 5 heteroatoms. The zero-order valence-electron chi connectivity index (χ0n) is 9.89. The van der Waals surface area contributed by atoms with Gasteiger partial charge < -0.3 is 15.8 Å². The lowest BCUT2D eigenvalue weighted by Gasteiger charge is -2.18. The fourth-order valence-corrected chi connectivity index (χ4v) is 2.81. The van der Waals surface area contributed by atoms with Crippen molar-refractivity contribution in [3.63, 3.8) is 0 Å². The van der Waals surface area contributed by atoms with Crippen molar-refractivity contribution >= 4 is 17.2 Å². The Hall–Kier alpha value is -0.910. The van der Waals surface area contributed by atoms with Gasteiger partial charge in [-0.3, -0.25) is 4.79 Å². The molecule has 1 saturated heterocycles. The maximum atomic E-state index is 11.9. The minimum Gasteiger partial charge on any atom is -0.379 e. The van der Waals surface area contributed by atoms with E-state index in [9.17, 15) is 4.79 Å². The minimum atomic E-state index is -0.194. The molecule has 1 amide bonds. The quantitative estimate of drug-likeness (QED) is 0.834. The Morgan fingerprint density at radius 2 is 2.53 bits per heavy atom. The second-order valence-electron chi connectivity index (χ2n) is 4.50. The third kappa shape index (κ3) is 3.28. The molecule has 1 fully saturated rings. The van der Waals surface area contributed by atoms with Crippen LogP contribution in [0, 0.1) is 5.92 Å². The molecule has 94 valence electrons. The lowest BCUT2D eigenvalue weighted by molar-refractivity contribution is -0.125. The van der Waals surface area contributed by atoms with E-state index >= 15 is 0 Å². The average molecular weight is 254 g/mol. The van der Waals surface area contributed by atoms with Crippen LogP contribution in [0.2, 0.25) is 0 Å². The lowest BCUT2D eigenvalue weighted by atomic mass is 10.0. The van der Waals surface area contributed by atoms with Crippen LogP contribution < -0.4 is 11.1 Å². The molecule has 4 nitrogen and oxygen atoms in total. The maximum absolute atomic E-state index is 11.9. The first-order valence-electron chi connectivity index (χ1n) is 5.83. The largest absolute Gasteiger partial charge is 0.379 e. The highest BCUT2D eigenvalue weighted by Crippen LogP contribution is 2.14. The Bertz CT molecular complexity index is 367. The topological polar surface area (TPSA) is 64.3 Å². The molecule has 0 radical (unpaired) electrons. The van der Waals surface area contributed by atoms with Gasteiger partial charge in [0, 0.05) is 23.4 Å². The summed E-state index contributed by atoms with van der Waals surface area (Å²) in [4.78, 5) is 13.2. The molecule has 1 aliphatic heterocycles. The molecular formula is C12H18N2O2S. The van der Waals surface area contributed by atoms with Crippen LogP contribution in [-0.2, 0) is 16.0 Å². The predicted molar refractivity (Wildman–Crippen MR) is 67.9 cm³/mol. The minimum absolute atomic E-state index is 0.0130. The summed E-state index contributed by atoms with van der Waals surface area (Å²) in [7, 11) is 0. The smallest absolute Gasteiger partial charge is 0.227 e. The van der Waals surface area contributed by atoms with E-state index in [1.54, 1.807) is 11.3 Å². The van der Waals surface area contributed by atoms with Gasteiger partial charge in [-0.05, 0) is 18.4 Å². The number of amides is 1. The van der Waals surface area contributed by atoms with Gasteiger partial charge in [-0.2, -0.15) is 0 Å². The standard InChI is InChI=1S/C12H18N2O2S/c1-8(5-9-3-2-4-17-9)14-12(15)10-6-16-7-11(10)13/h2-4,8,10-11H,5-7,13H2,1H3,(H,14,15). The lowest BCUT2D eigenvalue weighted by Crippen LogP contribution is -2.44. The van der Waals surface area contributed by atoms with Gasteiger partial charge in [0.05, 0.1) is 19.1 Å². The van der Waals surface area contributed by atoms with Crippen molar-refractivity contribution in [2.45, 2.75) is 25.4 Å². The maximum Gasteiger partial charge on any atom is 0.227 e. The summed E-state index contributed by atoms with van der Waals surface area (Å²) in [5.74, 6) is -0.181. The molecule has 2 heterocycles. The van der Waals surface area contributed by atoms with Crippen LogP contribution in [0.1, 0.15) is 11.8 Å². The number of hydrogen-bond acceptors (Lipinski definition) is 4. The first kappa shape index (κ1) is 12.5. The Kier molecular flexibility index (Phi) is 4.15. The molecular weight excluding hydrogens is 236 g/mol. The van der Waals surface area contributed by atoms with Gasteiger partial charge in [0.15, 0.2) is 0 Å². The molecule has 0 bridgehead atoms. The Balaban J connectivity index is 1.82. The molecule has 3 atom stereocenters.